The number of hydrogen-bond donors (Lipinski definition) is 0. The van der Waals surface area contributed by atoms with E-state index in [4.69, 9.17) is 14.0 Å². The summed E-state index contributed by atoms with van der Waals surface area (Å²) in [6.45, 7) is 0.283. The number of aromatic nitrogens is 3. The van der Waals surface area contributed by atoms with Gasteiger partial charge in [0, 0.05) is 10.9 Å². The van der Waals surface area contributed by atoms with E-state index >= 15 is 0 Å². The van der Waals surface area contributed by atoms with Gasteiger partial charge in [-0.15, -0.1) is 11.3 Å². The second-order valence-electron chi connectivity index (χ2n) is 6.61. The van der Waals surface area contributed by atoms with Crippen molar-refractivity contribution in [3.63, 3.8) is 0 Å². The first-order valence-electron chi connectivity index (χ1n) is 9.29. The Morgan fingerprint density at radius 3 is 2.48 bits per heavy atom. The van der Waals surface area contributed by atoms with Gasteiger partial charge in [-0.2, -0.15) is 4.98 Å². The molecular weight excluding hydrogens is 438 g/mol. The van der Waals surface area contributed by atoms with E-state index in [1.54, 1.807) is 36.8 Å². The molecule has 10 heteroatoms. The van der Waals surface area contributed by atoms with Crippen LogP contribution in [-0.2, 0) is 27.9 Å². The molecule has 0 aliphatic heterocycles. The van der Waals surface area contributed by atoms with Crippen LogP contribution < -0.4 is 9.47 Å². The number of thiazole rings is 1. The summed E-state index contributed by atoms with van der Waals surface area (Å²) in [7, 11) is -1.95. The lowest BCUT2D eigenvalue weighted by Gasteiger charge is -2.02. The molecule has 2 heterocycles. The summed E-state index contributed by atoms with van der Waals surface area (Å²) in [4.78, 5) is 8.55. The highest BCUT2D eigenvalue weighted by atomic mass is 32.2. The first kappa shape index (κ1) is 21.0. The number of methoxy groups -OCH3 is 1. The van der Waals surface area contributed by atoms with Crippen LogP contribution in [0.15, 0.2) is 64.5 Å². The molecule has 0 saturated carbocycles. The molecule has 4 aromatic rings. The standard InChI is InChI=1S/C21H19N3O5S2/c1-27-17-9-7-15(8-10-17)21-23-19(24-29-21)14-31(25,26)13-16-12-30-20(22-16)11-28-18-5-3-2-4-6-18/h2-10,12H,11,13-14H2,1H3. The van der Waals surface area contributed by atoms with Crippen LogP contribution in [0.4, 0.5) is 0 Å². The Hall–Kier alpha value is -3.24. The maximum atomic E-state index is 12.6. The van der Waals surface area contributed by atoms with Crippen molar-refractivity contribution in [3.8, 4) is 23.0 Å². The lowest BCUT2D eigenvalue weighted by atomic mass is 10.2. The van der Waals surface area contributed by atoms with E-state index < -0.39 is 9.84 Å². The van der Waals surface area contributed by atoms with Crippen molar-refractivity contribution in [1.29, 1.82) is 0 Å². The molecule has 0 amide bonds. The van der Waals surface area contributed by atoms with Crippen LogP contribution in [0.5, 0.6) is 11.5 Å². The molecule has 4 rings (SSSR count). The largest absolute Gasteiger partial charge is 0.497 e. The molecule has 0 bridgehead atoms. The topological polar surface area (TPSA) is 104 Å². The quantitative estimate of drug-likeness (QED) is 0.373. The number of rotatable bonds is 9. The Kier molecular flexibility index (Phi) is 6.28. The molecule has 31 heavy (non-hydrogen) atoms. The van der Waals surface area contributed by atoms with Gasteiger partial charge in [0.1, 0.15) is 28.9 Å². The smallest absolute Gasteiger partial charge is 0.257 e. The summed E-state index contributed by atoms with van der Waals surface area (Å²) in [5.74, 6) is 1.25. The van der Waals surface area contributed by atoms with Gasteiger partial charge in [0.05, 0.1) is 18.6 Å². The first-order valence-corrected chi connectivity index (χ1v) is 12.0. The van der Waals surface area contributed by atoms with Gasteiger partial charge in [-0.3, -0.25) is 0 Å². The highest BCUT2D eigenvalue weighted by Crippen LogP contribution is 2.22. The second kappa shape index (κ2) is 9.27. The van der Waals surface area contributed by atoms with E-state index in [0.717, 1.165) is 5.75 Å². The molecule has 0 N–H and O–H groups in total. The fraction of sp³-hybridized carbons (Fsp3) is 0.190. The molecule has 2 aromatic heterocycles. The van der Waals surface area contributed by atoms with E-state index in [1.165, 1.54) is 11.3 Å². The predicted molar refractivity (Wildman–Crippen MR) is 116 cm³/mol. The van der Waals surface area contributed by atoms with Crippen LogP contribution in [0.3, 0.4) is 0 Å². The molecule has 160 valence electrons. The van der Waals surface area contributed by atoms with Crippen molar-refractivity contribution in [2.75, 3.05) is 7.11 Å². The van der Waals surface area contributed by atoms with E-state index in [1.807, 2.05) is 30.3 Å². The van der Waals surface area contributed by atoms with Crippen molar-refractivity contribution in [2.24, 2.45) is 0 Å². The van der Waals surface area contributed by atoms with Crippen LogP contribution in [0.25, 0.3) is 11.5 Å². The van der Waals surface area contributed by atoms with Crippen molar-refractivity contribution in [2.45, 2.75) is 18.1 Å². The normalized spacial score (nSPS) is 11.4. The van der Waals surface area contributed by atoms with Gasteiger partial charge in [0.15, 0.2) is 15.7 Å². The summed E-state index contributed by atoms with van der Waals surface area (Å²) in [5.41, 5.74) is 1.15. The molecule has 0 aliphatic carbocycles. The fourth-order valence-electron chi connectivity index (χ4n) is 2.78. The van der Waals surface area contributed by atoms with Gasteiger partial charge in [-0.05, 0) is 36.4 Å². The average molecular weight is 458 g/mol. The molecule has 8 nitrogen and oxygen atoms in total. The Labute approximate surface area is 183 Å². The Bertz CT molecular complexity index is 1240. The second-order valence-corrected chi connectivity index (χ2v) is 9.62. The summed E-state index contributed by atoms with van der Waals surface area (Å²) in [6.07, 6.45) is 0. The lowest BCUT2D eigenvalue weighted by molar-refractivity contribution is 0.305. The third-order valence-electron chi connectivity index (χ3n) is 4.23. The maximum Gasteiger partial charge on any atom is 0.257 e. The molecule has 0 spiro atoms. The van der Waals surface area contributed by atoms with Gasteiger partial charge in [0.2, 0.25) is 0 Å². The summed E-state index contributed by atoms with van der Waals surface area (Å²) in [5, 5.41) is 6.22. The van der Waals surface area contributed by atoms with Crippen molar-refractivity contribution < 1.29 is 22.4 Å². The van der Waals surface area contributed by atoms with Crippen LogP contribution in [0, 0.1) is 0 Å². The fourth-order valence-corrected chi connectivity index (χ4v) is 4.80. The van der Waals surface area contributed by atoms with Gasteiger partial charge >= 0.3 is 0 Å². The maximum absolute atomic E-state index is 12.6. The number of sulfone groups is 1. The Balaban J connectivity index is 1.36. The highest BCUT2D eigenvalue weighted by Gasteiger charge is 2.20. The summed E-state index contributed by atoms with van der Waals surface area (Å²) in [6, 6.07) is 16.4. The van der Waals surface area contributed by atoms with Crippen LogP contribution in [-0.4, -0.2) is 30.7 Å². The third kappa shape index (κ3) is 5.68. The number of nitrogens with zero attached hydrogens (tertiary/aromatic N) is 3. The van der Waals surface area contributed by atoms with E-state index in [0.29, 0.717) is 22.0 Å². The van der Waals surface area contributed by atoms with Crippen molar-refractivity contribution in [1.82, 2.24) is 15.1 Å². The van der Waals surface area contributed by atoms with E-state index in [-0.39, 0.29) is 29.8 Å². The van der Waals surface area contributed by atoms with Gasteiger partial charge in [0.25, 0.3) is 5.89 Å². The molecule has 0 aliphatic rings. The van der Waals surface area contributed by atoms with Crippen molar-refractivity contribution >= 4 is 21.2 Å². The summed E-state index contributed by atoms with van der Waals surface area (Å²) >= 11 is 1.36. The van der Waals surface area contributed by atoms with Gasteiger partial charge < -0.3 is 14.0 Å². The third-order valence-corrected chi connectivity index (χ3v) is 6.53. The zero-order chi connectivity index (χ0) is 21.7. The lowest BCUT2D eigenvalue weighted by Crippen LogP contribution is -2.09. The van der Waals surface area contributed by atoms with Crippen molar-refractivity contribution in [3.05, 3.63) is 76.5 Å². The van der Waals surface area contributed by atoms with Gasteiger partial charge in [-0.25, -0.2) is 13.4 Å². The molecule has 0 fully saturated rings. The minimum absolute atomic E-state index is 0.105. The minimum Gasteiger partial charge on any atom is -0.497 e. The number of hydrogen-bond acceptors (Lipinski definition) is 9. The Morgan fingerprint density at radius 2 is 1.74 bits per heavy atom. The molecule has 0 unspecified atom stereocenters. The molecule has 0 atom stereocenters. The molecule has 0 saturated heterocycles. The van der Waals surface area contributed by atoms with Crippen LogP contribution in [0.1, 0.15) is 16.5 Å². The molecule has 2 aromatic carbocycles. The van der Waals surface area contributed by atoms with E-state index in [9.17, 15) is 8.42 Å². The Morgan fingerprint density at radius 1 is 0.968 bits per heavy atom. The van der Waals surface area contributed by atoms with Crippen LogP contribution in [0.2, 0.25) is 0 Å². The van der Waals surface area contributed by atoms with Crippen LogP contribution >= 0.6 is 11.3 Å². The monoisotopic (exact) mass is 457 g/mol. The SMILES string of the molecule is COc1ccc(-c2nc(CS(=O)(=O)Cc3csc(COc4ccccc4)n3)no2)cc1. The molecule has 0 radical (unpaired) electrons. The highest BCUT2D eigenvalue weighted by molar-refractivity contribution is 7.89. The minimum atomic E-state index is -3.52. The van der Waals surface area contributed by atoms with E-state index in [2.05, 4.69) is 15.1 Å². The number of benzene rings is 2. The summed E-state index contributed by atoms with van der Waals surface area (Å²) < 4.78 is 41.1. The zero-order valence-corrected chi connectivity index (χ0v) is 18.2. The van der Waals surface area contributed by atoms with Gasteiger partial charge in [-0.1, -0.05) is 23.4 Å². The zero-order valence-electron chi connectivity index (χ0n) is 16.6. The predicted octanol–water partition coefficient (Wildman–Crippen LogP) is 3.90. The number of para-hydroxylation sites is 1. The molecular formula is C21H19N3O5S2. The first-order chi connectivity index (χ1) is 15.0. The average Bonchev–Trinajstić information content (AvgIpc) is 3.42. The number of ether oxygens (including phenoxy) is 2.